The van der Waals surface area contributed by atoms with Gasteiger partial charge in [0.15, 0.2) is 22.9 Å². The molecule has 1 aliphatic heterocycles. The highest BCUT2D eigenvalue weighted by Gasteiger charge is 2.46. The summed E-state index contributed by atoms with van der Waals surface area (Å²) in [6, 6.07) is 13.5. The fourth-order valence-electron chi connectivity index (χ4n) is 3.93. The van der Waals surface area contributed by atoms with Crippen LogP contribution in [0.15, 0.2) is 75.7 Å². The van der Waals surface area contributed by atoms with Crippen molar-refractivity contribution >= 4 is 51.3 Å². The molecule has 9 heteroatoms. The molecule has 0 fully saturated rings. The molecule has 0 bridgehead atoms. The van der Waals surface area contributed by atoms with Crippen molar-refractivity contribution in [2.45, 2.75) is 6.04 Å². The molecule has 1 unspecified atom stereocenters. The van der Waals surface area contributed by atoms with Crippen LogP contribution in [0.4, 0.5) is 5.69 Å². The van der Waals surface area contributed by atoms with Crippen LogP contribution in [-0.2, 0) is 4.79 Å². The Bertz CT molecular complexity index is 1440. The highest BCUT2D eigenvalue weighted by Crippen LogP contribution is 2.46. The molecular weight excluding hydrogens is 466 g/mol. The Morgan fingerprint density at radius 2 is 1.97 bits per heavy atom. The number of aliphatic hydroxyl groups excluding tert-OH is 1. The van der Waals surface area contributed by atoms with E-state index in [1.54, 1.807) is 35.7 Å². The number of aromatic hydroxyl groups is 1. The van der Waals surface area contributed by atoms with Gasteiger partial charge in [0.25, 0.3) is 5.91 Å². The largest absolute Gasteiger partial charge is 0.506 e. The first-order valence-electron chi connectivity index (χ1n) is 9.80. The Labute approximate surface area is 196 Å². The number of hydrogen-bond acceptors (Lipinski definition) is 7. The third kappa shape index (κ3) is 3.35. The number of nitrogens with zero attached hydrogens (tertiary/aromatic N) is 1. The molecular formula is C24H16ClNO6S. The molecule has 5 rings (SSSR count). The minimum atomic E-state index is -0.982. The molecule has 0 saturated carbocycles. The normalized spacial score (nSPS) is 16.1. The first kappa shape index (κ1) is 21.1. The van der Waals surface area contributed by atoms with Crippen LogP contribution in [0, 0.1) is 0 Å². The van der Waals surface area contributed by atoms with Gasteiger partial charge in [0.2, 0.25) is 5.78 Å². The molecule has 2 N–H and O–H groups in total. The summed E-state index contributed by atoms with van der Waals surface area (Å²) >= 11 is 7.41. The SMILES string of the molecule is COc1cccc2cc(C(=O)C3=C(O)C(=O)N(c4cc(Cl)ccc4O)C3c3cccs3)oc12. The summed E-state index contributed by atoms with van der Waals surface area (Å²) < 4.78 is 11.1. The number of aliphatic hydroxyl groups is 1. The monoisotopic (exact) mass is 481 g/mol. The lowest BCUT2D eigenvalue weighted by Crippen LogP contribution is -2.30. The second kappa shape index (κ2) is 7.99. The third-order valence-electron chi connectivity index (χ3n) is 5.41. The number of phenols is 1. The maximum absolute atomic E-state index is 13.6. The number of amides is 1. The number of methoxy groups -OCH3 is 1. The topological polar surface area (TPSA) is 100 Å². The predicted octanol–water partition coefficient (Wildman–Crippen LogP) is 5.64. The van der Waals surface area contributed by atoms with Gasteiger partial charge in [-0.3, -0.25) is 14.5 Å². The van der Waals surface area contributed by atoms with E-state index >= 15 is 0 Å². The van der Waals surface area contributed by atoms with Gasteiger partial charge in [-0.2, -0.15) is 0 Å². The smallest absolute Gasteiger partial charge is 0.294 e. The molecule has 1 aliphatic rings. The number of benzene rings is 2. The van der Waals surface area contributed by atoms with Gasteiger partial charge in [0.1, 0.15) is 11.8 Å². The van der Waals surface area contributed by atoms with Crippen molar-refractivity contribution in [1.29, 1.82) is 0 Å². The lowest BCUT2D eigenvalue weighted by Gasteiger charge is -2.26. The first-order chi connectivity index (χ1) is 15.9. The molecule has 1 amide bonds. The van der Waals surface area contributed by atoms with E-state index in [2.05, 4.69) is 0 Å². The third-order valence-corrected chi connectivity index (χ3v) is 6.57. The van der Waals surface area contributed by atoms with Gasteiger partial charge >= 0.3 is 0 Å². The Morgan fingerprint density at radius 1 is 1.15 bits per heavy atom. The number of anilines is 1. The Balaban J connectivity index is 1.66. The van der Waals surface area contributed by atoms with E-state index in [-0.39, 0.29) is 27.8 Å². The minimum absolute atomic E-state index is 0.0532. The van der Waals surface area contributed by atoms with Crippen LogP contribution in [0.3, 0.4) is 0 Å². The van der Waals surface area contributed by atoms with Crippen LogP contribution in [0.1, 0.15) is 21.5 Å². The molecule has 2 aromatic carbocycles. The number of carbonyl (C=O) groups excluding carboxylic acids is 2. The fraction of sp³-hybridized carbons (Fsp3) is 0.0833. The molecule has 0 saturated heterocycles. The Kier molecular flexibility index (Phi) is 5.11. The van der Waals surface area contributed by atoms with Crippen molar-refractivity contribution in [2.24, 2.45) is 0 Å². The second-order valence-electron chi connectivity index (χ2n) is 7.31. The van der Waals surface area contributed by atoms with Gasteiger partial charge in [-0.1, -0.05) is 29.8 Å². The summed E-state index contributed by atoms with van der Waals surface area (Å²) in [5.74, 6) is -2.02. The summed E-state index contributed by atoms with van der Waals surface area (Å²) in [4.78, 5) is 28.5. The minimum Gasteiger partial charge on any atom is -0.506 e. The number of rotatable bonds is 5. The highest BCUT2D eigenvalue weighted by atomic mass is 35.5. The zero-order valence-electron chi connectivity index (χ0n) is 17.1. The zero-order valence-corrected chi connectivity index (χ0v) is 18.7. The van der Waals surface area contributed by atoms with Crippen molar-refractivity contribution in [3.05, 3.63) is 87.0 Å². The van der Waals surface area contributed by atoms with Crippen LogP contribution in [0.25, 0.3) is 11.0 Å². The molecule has 7 nitrogen and oxygen atoms in total. The molecule has 33 heavy (non-hydrogen) atoms. The standard InChI is InChI=1S/C24H16ClNO6S/c1-31-16-5-2-4-12-10-17(32-23(12)16)21(28)19-20(18-6-3-9-33-18)26(24(30)22(19)29)14-11-13(25)7-8-15(14)27/h2-11,20,27,29H,1H3. The quantitative estimate of drug-likeness (QED) is 0.357. The van der Waals surface area contributed by atoms with Gasteiger partial charge in [0, 0.05) is 15.3 Å². The van der Waals surface area contributed by atoms with E-state index in [0.717, 1.165) is 0 Å². The maximum Gasteiger partial charge on any atom is 0.294 e. The average molecular weight is 482 g/mol. The van der Waals surface area contributed by atoms with Gasteiger partial charge in [-0.25, -0.2) is 0 Å². The van der Waals surface area contributed by atoms with Crippen LogP contribution in [0.5, 0.6) is 11.5 Å². The van der Waals surface area contributed by atoms with Crippen LogP contribution in [-0.4, -0.2) is 29.0 Å². The van der Waals surface area contributed by atoms with E-state index in [1.165, 1.54) is 47.6 Å². The van der Waals surface area contributed by atoms with Gasteiger partial charge in [0.05, 0.1) is 18.4 Å². The number of Topliss-reactive ketones (excluding diaryl/α,β-unsaturated/α-hetero) is 1. The average Bonchev–Trinajstić information content (AvgIpc) is 3.54. The number of phenolic OH excluding ortho intramolecular Hbond substituents is 1. The Morgan fingerprint density at radius 3 is 2.70 bits per heavy atom. The number of halogens is 1. The van der Waals surface area contributed by atoms with Crippen molar-refractivity contribution in [2.75, 3.05) is 12.0 Å². The molecule has 0 spiro atoms. The highest BCUT2D eigenvalue weighted by molar-refractivity contribution is 7.10. The molecule has 0 radical (unpaired) electrons. The molecule has 1 atom stereocenters. The van der Waals surface area contributed by atoms with E-state index in [0.29, 0.717) is 21.6 Å². The van der Waals surface area contributed by atoms with E-state index < -0.39 is 23.5 Å². The van der Waals surface area contributed by atoms with Gasteiger partial charge in [-0.05, 0) is 41.8 Å². The number of hydrogen-bond donors (Lipinski definition) is 2. The second-order valence-corrected chi connectivity index (χ2v) is 8.72. The summed E-state index contributed by atoms with van der Waals surface area (Å²) in [7, 11) is 1.49. The molecule has 0 aliphatic carbocycles. The van der Waals surface area contributed by atoms with E-state index in [4.69, 9.17) is 20.8 Å². The number of fused-ring (bicyclic) bond motifs is 1. The number of carbonyl (C=O) groups is 2. The van der Waals surface area contributed by atoms with Crippen molar-refractivity contribution in [1.82, 2.24) is 0 Å². The predicted molar refractivity (Wildman–Crippen MR) is 124 cm³/mol. The van der Waals surface area contributed by atoms with Crippen molar-refractivity contribution in [3.63, 3.8) is 0 Å². The Hall–Kier alpha value is -3.75. The summed E-state index contributed by atoms with van der Waals surface area (Å²) in [5, 5.41) is 24.0. The molecule has 166 valence electrons. The lowest BCUT2D eigenvalue weighted by molar-refractivity contribution is -0.117. The van der Waals surface area contributed by atoms with Crippen LogP contribution in [0.2, 0.25) is 5.02 Å². The summed E-state index contributed by atoms with van der Waals surface area (Å²) in [6.07, 6.45) is 0. The van der Waals surface area contributed by atoms with Crippen molar-refractivity contribution < 1.29 is 29.0 Å². The summed E-state index contributed by atoms with van der Waals surface area (Å²) in [5.41, 5.74) is 0.302. The molecule has 2 aromatic heterocycles. The first-order valence-corrected chi connectivity index (χ1v) is 11.1. The van der Waals surface area contributed by atoms with Crippen molar-refractivity contribution in [3.8, 4) is 11.5 Å². The summed E-state index contributed by atoms with van der Waals surface area (Å²) in [6.45, 7) is 0. The maximum atomic E-state index is 13.6. The van der Waals surface area contributed by atoms with Gasteiger partial charge < -0.3 is 19.4 Å². The molecule has 4 aromatic rings. The van der Waals surface area contributed by atoms with Gasteiger partial charge in [-0.15, -0.1) is 11.3 Å². The fourth-order valence-corrected chi connectivity index (χ4v) is 4.92. The lowest BCUT2D eigenvalue weighted by atomic mass is 10.00. The zero-order chi connectivity index (χ0) is 23.3. The number of thiophene rings is 1. The number of ketones is 1. The van der Waals surface area contributed by atoms with E-state index in [1.807, 2.05) is 0 Å². The number of para-hydroxylation sites is 1. The van der Waals surface area contributed by atoms with E-state index in [9.17, 15) is 19.8 Å². The number of furan rings is 1. The van der Waals surface area contributed by atoms with Crippen LogP contribution >= 0.6 is 22.9 Å². The molecule has 3 heterocycles. The number of ether oxygens (including phenoxy) is 1. The van der Waals surface area contributed by atoms with Crippen LogP contribution < -0.4 is 9.64 Å².